The Bertz CT molecular complexity index is 287. The predicted molar refractivity (Wildman–Crippen MR) is 62.1 cm³/mol. The van der Waals surface area contributed by atoms with Gasteiger partial charge in [0.05, 0.1) is 0 Å². The summed E-state index contributed by atoms with van der Waals surface area (Å²) in [7, 11) is 1.90. The van der Waals surface area contributed by atoms with E-state index in [1.165, 1.54) is 0 Å². The fraction of sp³-hybridized carbons (Fsp3) is 0.600. The number of aryl methyl sites for hydroxylation is 1. The van der Waals surface area contributed by atoms with Crippen LogP contribution in [0.2, 0.25) is 0 Å². The molecular formula is C10H17N3S. The lowest BCUT2D eigenvalue weighted by Crippen LogP contribution is -2.04. The second-order valence-corrected chi connectivity index (χ2v) is 3.92. The smallest absolute Gasteiger partial charge is 0.133 e. The first-order valence-corrected chi connectivity index (χ1v) is 6.04. The first kappa shape index (κ1) is 11.3. The molecule has 0 spiro atoms. The van der Waals surface area contributed by atoms with Crippen LogP contribution >= 0.6 is 11.8 Å². The average molecular weight is 211 g/mol. The third-order valence-corrected chi connectivity index (χ3v) is 2.84. The zero-order valence-corrected chi connectivity index (χ0v) is 10.0. The van der Waals surface area contributed by atoms with Crippen molar-refractivity contribution >= 4 is 17.6 Å². The van der Waals surface area contributed by atoms with Crippen LogP contribution in [0.3, 0.4) is 0 Å². The van der Waals surface area contributed by atoms with Gasteiger partial charge in [0.2, 0.25) is 0 Å². The fourth-order valence-corrected chi connectivity index (χ4v) is 1.92. The van der Waals surface area contributed by atoms with Crippen molar-refractivity contribution < 1.29 is 0 Å². The highest BCUT2D eigenvalue weighted by Gasteiger charge is 2.08. The zero-order chi connectivity index (χ0) is 10.6. The normalized spacial score (nSPS) is 10.3. The number of nitrogens with zero attached hydrogens (tertiary/aromatic N) is 2. The van der Waals surface area contributed by atoms with Gasteiger partial charge in [-0.3, -0.25) is 0 Å². The van der Waals surface area contributed by atoms with E-state index >= 15 is 0 Å². The first-order valence-electron chi connectivity index (χ1n) is 4.82. The molecule has 0 atom stereocenters. The Morgan fingerprint density at radius 2 is 2.07 bits per heavy atom. The largest absolute Gasteiger partial charge is 0.373 e. The minimum Gasteiger partial charge on any atom is -0.373 e. The van der Waals surface area contributed by atoms with Crippen LogP contribution in [0.4, 0.5) is 5.82 Å². The maximum absolute atomic E-state index is 4.50. The van der Waals surface area contributed by atoms with Crippen molar-refractivity contribution in [2.24, 2.45) is 0 Å². The van der Waals surface area contributed by atoms with E-state index in [1.807, 2.05) is 20.2 Å². The van der Waals surface area contributed by atoms with Gasteiger partial charge in [-0.05, 0) is 19.6 Å². The second kappa shape index (κ2) is 5.20. The summed E-state index contributed by atoms with van der Waals surface area (Å²) in [6.07, 6.45) is 4.08. The minimum atomic E-state index is 0.937. The molecule has 0 unspecified atom stereocenters. The molecule has 0 aliphatic rings. The zero-order valence-electron chi connectivity index (χ0n) is 9.22. The Kier molecular flexibility index (Phi) is 4.20. The number of hydrogen-bond donors (Lipinski definition) is 1. The van der Waals surface area contributed by atoms with Crippen LogP contribution in [0.25, 0.3) is 0 Å². The molecule has 0 fully saturated rings. The van der Waals surface area contributed by atoms with Gasteiger partial charge in [0.25, 0.3) is 0 Å². The predicted octanol–water partition coefficient (Wildman–Crippen LogP) is 2.50. The molecule has 1 aromatic heterocycles. The van der Waals surface area contributed by atoms with Gasteiger partial charge in [0.1, 0.15) is 16.7 Å². The van der Waals surface area contributed by atoms with Crippen molar-refractivity contribution in [3.63, 3.8) is 0 Å². The SMILES string of the molecule is CCCc1nc(NC)c(C)c(SC)n1. The lowest BCUT2D eigenvalue weighted by atomic mass is 10.3. The van der Waals surface area contributed by atoms with E-state index in [0.29, 0.717) is 0 Å². The summed E-state index contributed by atoms with van der Waals surface area (Å²) < 4.78 is 0. The van der Waals surface area contributed by atoms with Crippen LogP contribution in [0, 0.1) is 6.92 Å². The summed E-state index contributed by atoms with van der Waals surface area (Å²) in [6.45, 7) is 4.19. The molecule has 4 heteroatoms. The van der Waals surface area contributed by atoms with Crippen LogP contribution in [0.1, 0.15) is 24.7 Å². The third-order valence-electron chi connectivity index (χ3n) is 2.05. The van der Waals surface area contributed by atoms with Gasteiger partial charge in [-0.25, -0.2) is 9.97 Å². The highest BCUT2D eigenvalue weighted by atomic mass is 32.2. The molecule has 78 valence electrons. The molecule has 1 N–H and O–H groups in total. The Labute approximate surface area is 89.7 Å². The van der Waals surface area contributed by atoms with Gasteiger partial charge in [0, 0.05) is 19.0 Å². The van der Waals surface area contributed by atoms with Gasteiger partial charge in [-0.15, -0.1) is 11.8 Å². The third kappa shape index (κ3) is 2.38. The number of hydrogen-bond acceptors (Lipinski definition) is 4. The molecule has 1 aromatic rings. The van der Waals surface area contributed by atoms with Crippen LogP contribution in [0.5, 0.6) is 0 Å². The molecule has 0 saturated heterocycles. The summed E-state index contributed by atoms with van der Waals surface area (Å²) in [6, 6.07) is 0. The summed E-state index contributed by atoms with van der Waals surface area (Å²) in [4.78, 5) is 8.95. The fourth-order valence-electron chi connectivity index (χ4n) is 1.32. The van der Waals surface area contributed by atoms with E-state index in [9.17, 15) is 0 Å². The Morgan fingerprint density at radius 1 is 1.36 bits per heavy atom. The number of anilines is 1. The van der Waals surface area contributed by atoms with Gasteiger partial charge in [-0.1, -0.05) is 6.92 Å². The summed E-state index contributed by atoms with van der Waals surface area (Å²) in [5, 5.41) is 4.18. The number of rotatable bonds is 4. The summed E-state index contributed by atoms with van der Waals surface area (Å²) >= 11 is 1.67. The van der Waals surface area contributed by atoms with E-state index in [-0.39, 0.29) is 0 Å². The van der Waals surface area contributed by atoms with Crippen molar-refractivity contribution in [1.29, 1.82) is 0 Å². The molecule has 1 heterocycles. The maximum Gasteiger partial charge on any atom is 0.133 e. The number of aromatic nitrogens is 2. The highest BCUT2D eigenvalue weighted by molar-refractivity contribution is 7.98. The lowest BCUT2D eigenvalue weighted by Gasteiger charge is -2.09. The van der Waals surface area contributed by atoms with E-state index in [0.717, 1.165) is 35.1 Å². The van der Waals surface area contributed by atoms with Crippen LogP contribution < -0.4 is 5.32 Å². The van der Waals surface area contributed by atoms with E-state index in [4.69, 9.17) is 0 Å². The van der Waals surface area contributed by atoms with Crippen LogP contribution in [-0.2, 0) is 6.42 Å². The second-order valence-electron chi connectivity index (χ2n) is 3.12. The number of nitrogens with one attached hydrogen (secondary N) is 1. The molecule has 0 aliphatic heterocycles. The number of thioether (sulfide) groups is 1. The van der Waals surface area contributed by atoms with E-state index in [2.05, 4.69) is 22.2 Å². The minimum absolute atomic E-state index is 0.937. The van der Waals surface area contributed by atoms with E-state index < -0.39 is 0 Å². The topological polar surface area (TPSA) is 37.8 Å². The molecule has 0 radical (unpaired) electrons. The average Bonchev–Trinajstić information content (AvgIpc) is 2.20. The quantitative estimate of drug-likeness (QED) is 0.613. The Balaban J connectivity index is 3.11. The van der Waals surface area contributed by atoms with Crippen molar-refractivity contribution in [1.82, 2.24) is 9.97 Å². The highest BCUT2D eigenvalue weighted by Crippen LogP contribution is 2.22. The summed E-state index contributed by atoms with van der Waals surface area (Å²) in [5.74, 6) is 1.89. The van der Waals surface area contributed by atoms with Crippen LogP contribution in [-0.4, -0.2) is 23.3 Å². The maximum atomic E-state index is 4.50. The molecule has 0 saturated carbocycles. The van der Waals surface area contributed by atoms with Gasteiger partial charge in [0.15, 0.2) is 0 Å². The van der Waals surface area contributed by atoms with Crippen molar-refractivity contribution in [3.8, 4) is 0 Å². The molecule has 0 aliphatic carbocycles. The van der Waals surface area contributed by atoms with E-state index in [1.54, 1.807) is 11.8 Å². The van der Waals surface area contributed by atoms with Crippen molar-refractivity contribution in [2.75, 3.05) is 18.6 Å². The molecule has 0 amide bonds. The standard InChI is InChI=1S/C10H17N3S/c1-5-6-8-12-9(11-3)7(2)10(13-8)14-4/h5-6H2,1-4H3,(H,11,12,13). The molecular weight excluding hydrogens is 194 g/mol. The monoisotopic (exact) mass is 211 g/mol. The molecule has 1 rings (SSSR count). The van der Waals surface area contributed by atoms with Gasteiger partial charge >= 0.3 is 0 Å². The van der Waals surface area contributed by atoms with Crippen LogP contribution in [0.15, 0.2) is 5.03 Å². The molecule has 0 aromatic carbocycles. The Hall–Kier alpha value is -0.770. The molecule has 3 nitrogen and oxygen atoms in total. The lowest BCUT2D eigenvalue weighted by molar-refractivity contribution is 0.804. The van der Waals surface area contributed by atoms with Gasteiger partial charge < -0.3 is 5.32 Å². The summed E-state index contributed by atoms with van der Waals surface area (Å²) in [5.41, 5.74) is 1.14. The Morgan fingerprint density at radius 3 is 2.57 bits per heavy atom. The first-order chi connectivity index (χ1) is 6.72. The van der Waals surface area contributed by atoms with Crippen molar-refractivity contribution in [2.45, 2.75) is 31.7 Å². The van der Waals surface area contributed by atoms with Gasteiger partial charge in [-0.2, -0.15) is 0 Å². The molecule has 0 bridgehead atoms. The molecule has 14 heavy (non-hydrogen) atoms. The van der Waals surface area contributed by atoms with Crippen molar-refractivity contribution in [3.05, 3.63) is 11.4 Å².